The van der Waals surface area contributed by atoms with Gasteiger partial charge in [0, 0.05) is 12.6 Å². The first-order chi connectivity index (χ1) is 15.0. The van der Waals surface area contributed by atoms with E-state index in [1.165, 1.54) is 64.2 Å². The molecule has 0 radical (unpaired) electrons. The Morgan fingerprint density at radius 3 is 2.58 bits per heavy atom. The summed E-state index contributed by atoms with van der Waals surface area (Å²) in [5, 5.41) is 14.3. The molecule has 3 heteroatoms. The first kappa shape index (κ1) is 21.8. The van der Waals surface area contributed by atoms with Gasteiger partial charge in [-0.2, -0.15) is 0 Å². The summed E-state index contributed by atoms with van der Waals surface area (Å²) in [4.78, 5) is 0. The maximum absolute atomic E-state index is 10.5. The van der Waals surface area contributed by atoms with Crippen molar-refractivity contribution in [2.75, 3.05) is 13.2 Å². The summed E-state index contributed by atoms with van der Waals surface area (Å²) in [5.41, 5.74) is 1.03. The van der Waals surface area contributed by atoms with Gasteiger partial charge in [0.05, 0.1) is 0 Å². The molecule has 0 heterocycles. The zero-order valence-electron chi connectivity index (χ0n) is 19.7. The predicted molar refractivity (Wildman–Crippen MR) is 126 cm³/mol. The zero-order chi connectivity index (χ0) is 21.5. The molecule has 4 aliphatic rings. The first-order valence-corrected chi connectivity index (χ1v) is 13.1. The Balaban J connectivity index is 1.18. The minimum Gasteiger partial charge on any atom is -0.491 e. The third kappa shape index (κ3) is 3.95. The largest absolute Gasteiger partial charge is 0.491 e. The molecule has 0 amide bonds. The third-order valence-electron chi connectivity index (χ3n) is 10.4. The molecule has 0 spiro atoms. The fourth-order valence-corrected chi connectivity index (χ4v) is 8.68. The van der Waals surface area contributed by atoms with E-state index in [0.717, 1.165) is 29.4 Å². The van der Waals surface area contributed by atoms with Crippen LogP contribution < -0.4 is 10.1 Å². The number of benzene rings is 1. The summed E-state index contributed by atoms with van der Waals surface area (Å²) in [6, 6.07) is 10.4. The fraction of sp³-hybridized carbons (Fsp3) is 0.786. The maximum atomic E-state index is 10.5. The monoisotopic (exact) mass is 425 g/mol. The van der Waals surface area contributed by atoms with E-state index >= 15 is 0 Å². The Kier molecular flexibility index (Phi) is 6.11. The van der Waals surface area contributed by atoms with Crippen molar-refractivity contribution in [1.82, 2.24) is 5.32 Å². The van der Waals surface area contributed by atoms with Gasteiger partial charge in [-0.25, -0.2) is 0 Å². The summed E-state index contributed by atoms with van der Waals surface area (Å²) >= 11 is 0. The van der Waals surface area contributed by atoms with Gasteiger partial charge in [0.2, 0.25) is 0 Å². The van der Waals surface area contributed by atoms with Crippen LogP contribution in [-0.4, -0.2) is 30.4 Å². The molecule has 0 aliphatic heterocycles. The van der Waals surface area contributed by atoms with Crippen LogP contribution in [0.25, 0.3) is 0 Å². The smallest absolute Gasteiger partial charge is 0.119 e. The summed E-state index contributed by atoms with van der Waals surface area (Å²) in [6.45, 7) is 6.23. The van der Waals surface area contributed by atoms with Crippen LogP contribution in [0.15, 0.2) is 30.3 Å². The van der Waals surface area contributed by atoms with Gasteiger partial charge in [0.15, 0.2) is 0 Å². The Hall–Kier alpha value is -1.06. The molecule has 1 aromatic carbocycles. The third-order valence-corrected chi connectivity index (χ3v) is 10.4. The lowest BCUT2D eigenvalue weighted by Gasteiger charge is -2.60. The normalized spacial score (nSPS) is 42.9. The molecule has 3 nitrogen and oxygen atoms in total. The van der Waals surface area contributed by atoms with Crippen molar-refractivity contribution in [1.29, 1.82) is 0 Å². The number of fused-ring (bicyclic) bond motifs is 5. The molecule has 4 aliphatic carbocycles. The van der Waals surface area contributed by atoms with Gasteiger partial charge in [-0.3, -0.25) is 0 Å². The van der Waals surface area contributed by atoms with Crippen molar-refractivity contribution in [3.63, 3.8) is 0 Å². The molecule has 0 bridgehead atoms. The molecule has 4 saturated carbocycles. The minimum atomic E-state index is -0.462. The van der Waals surface area contributed by atoms with E-state index in [9.17, 15) is 5.11 Å². The van der Waals surface area contributed by atoms with Crippen molar-refractivity contribution >= 4 is 0 Å². The van der Waals surface area contributed by atoms with Gasteiger partial charge >= 0.3 is 0 Å². The second-order valence-corrected chi connectivity index (χ2v) is 11.8. The quantitative estimate of drug-likeness (QED) is 0.604. The van der Waals surface area contributed by atoms with Crippen LogP contribution in [0.4, 0.5) is 0 Å². The van der Waals surface area contributed by atoms with Gasteiger partial charge in [-0.1, -0.05) is 44.9 Å². The van der Waals surface area contributed by atoms with E-state index in [1.54, 1.807) is 0 Å². The molecule has 1 aromatic rings. The van der Waals surface area contributed by atoms with E-state index in [-0.39, 0.29) is 0 Å². The molecule has 2 N–H and O–H groups in total. The highest BCUT2D eigenvalue weighted by Crippen LogP contribution is 2.66. The average molecular weight is 426 g/mol. The number of hydrogen-bond donors (Lipinski definition) is 2. The lowest BCUT2D eigenvalue weighted by molar-refractivity contribution is -0.107. The van der Waals surface area contributed by atoms with Gasteiger partial charge < -0.3 is 15.2 Å². The Morgan fingerprint density at radius 1 is 0.935 bits per heavy atom. The van der Waals surface area contributed by atoms with Gasteiger partial charge in [-0.05, 0) is 98.0 Å². The second-order valence-electron chi connectivity index (χ2n) is 11.8. The molecular formula is C28H43NO2. The summed E-state index contributed by atoms with van der Waals surface area (Å²) in [5.74, 6) is 4.62. The number of ether oxygens (including phenoxy) is 1. The topological polar surface area (TPSA) is 41.5 Å². The number of aliphatic hydroxyl groups is 1. The minimum absolute atomic E-state index is 0.355. The van der Waals surface area contributed by atoms with E-state index in [2.05, 4.69) is 19.2 Å². The van der Waals surface area contributed by atoms with Crippen molar-refractivity contribution in [2.45, 2.75) is 90.2 Å². The number of rotatable bonds is 6. The molecule has 172 valence electrons. The van der Waals surface area contributed by atoms with Crippen LogP contribution in [0, 0.1) is 34.5 Å². The fourth-order valence-electron chi connectivity index (χ4n) is 8.68. The number of para-hydroxylation sites is 1. The van der Waals surface area contributed by atoms with E-state index in [4.69, 9.17) is 4.74 Å². The van der Waals surface area contributed by atoms with Gasteiger partial charge in [-0.15, -0.1) is 0 Å². The molecular weight excluding hydrogens is 382 g/mol. The Bertz CT molecular complexity index is 738. The summed E-state index contributed by atoms with van der Waals surface area (Å²) in [7, 11) is 0. The van der Waals surface area contributed by atoms with E-state index in [0.29, 0.717) is 30.0 Å². The Morgan fingerprint density at radius 2 is 1.74 bits per heavy atom. The van der Waals surface area contributed by atoms with Crippen LogP contribution >= 0.6 is 0 Å². The lowest BCUT2D eigenvalue weighted by atomic mass is 9.45. The number of aliphatic hydroxyl groups excluding tert-OH is 1. The number of nitrogens with one attached hydrogen (secondary N) is 1. The van der Waals surface area contributed by atoms with Crippen molar-refractivity contribution < 1.29 is 9.84 Å². The van der Waals surface area contributed by atoms with Crippen LogP contribution in [0.2, 0.25) is 0 Å². The maximum Gasteiger partial charge on any atom is 0.119 e. The lowest BCUT2D eigenvalue weighted by Crippen LogP contribution is -2.55. The highest BCUT2D eigenvalue weighted by atomic mass is 16.5. The average Bonchev–Trinajstić information content (AvgIpc) is 3.13. The summed E-state index contributed by atoms with van der Waals surface area (Å²) in [6.07, 6.45) is 13.9. The summed E-state index contributed by atoms with van der Waals surface area (Å²) < 4.78 is 5.76. The first-order valence-electron chi connectivity index (χ1n) is 13.1. The zero-order valence-corrected chi connectivity index (χ0v) is 19.7. The van der Waals surface area contributed by atoms with E-state index < -0.39 is 6.10 Å². The molecule has 4 fully saturated rings. The van der Waals surface area contributed by atoms with Crippen molar-refractivity contribution in [3.05, 3.63) is 30.3 Å². The van der Waals surface area contributed by atoms with Gasteiger partial charge in [0.1, 0.15) is 18.5 Å². The van der Waals surface area contributed by atoms with Crippen molar-refractivity contribution in [2.24, 2.45) is 34.5 Å². The molecule has 0 saturated heterocycles. The van der Waals surface area contributed by atoms with Crippen LogP contribution in [0.5, 0.6) is 5.75 Å². The van der Waals surface area contributed by atoms with Gasteiger partial charge in [0.25, 0.3) is 0 Å². The molecule has 8 atom stereocenters. The molecule has 0 aromatic heterocycles. The van der Waals surface area contributed by atoms with E-state index in [1.807, 2.05) is 30.3 Å². The highest BCUT2D eigenvalue weighted by Gasteiger charge is 2.59. The second kappa shape index (κ2) is 8.71. The van der Waals surface area contributed by atoms with Crippen LogP contribution in [0.3, 0.4) is 0 Å². The van der Waals surface area contributed by atoms with Crippen molar-refractivity contribution in [3.8, 4) is 5.75 Å². The molecule has 0 unspecified atom stereocenters. The molecule has 31 heavy (non-hydrogen) atoms. The van der Waals surface area contributed by atoms with Crippen LogP contribution in [0.1, 0.15) is 78.1 Å². The Labute approximate surface area is 189 Å². The highest BCUT2D eigenvalue weighted by molar-refractivity contribution is 5.21. The standard InChI is InChI=1S/C28H43NO2/c1-27-16-7-6-8-20(27)11-12-23-24-13-14-26(28(24,2)17-15-25(23)27)29-18-21(30)19-31-22-9-4-3-5-10-22/h3-5,9-10,20-21,23-26,29-30H,6-8,11-19H2,1-2H3/t20-,21-,23-,24+,25-,26-,27+,28+/m0/s1. The molecule has 5 rings (SSSR count). The number of hydrogen-bond acceptors (Lipinski definition) is 3. The predicted octanol–water partition coefficient (Wildman–Crippen LogP) is 5.82. The SMILES string of the molecule is C[C@@]12CC[C@H]3[C@@H](CC[C@@H]4CCCC[C@]43C)[C@H]1CC[C@@H]2NC[C@H](O)COc1ccccc1. The van der Waals surface area contributed by atoms with Crippen LogP contribution in [-0.2, 0) is 0 Å².